The summed E-state index contributed by atoms with van der Waals surface area (Å²) < 4.78 is 54.7. The first-order chi connectivity index (χ1) is 16.7. The van der Waals surface area contributed by atoms with E-state index in [1.165, 1.54) is 0 Å². The van der Waals surface area contributed by atoms with Crippen LogP contribution >= 0.6 is 0 Å². The molecule has 2 heterocycles. The van der Waals surface area contributed by atoms with Crippen LogP contribution in [0.5, 0.6) is 0 Å². The Morgan fingerprint density at radius 1 is 1.03 bits per heavy atom. The molecule has 12 nitrogen and oxygen atoms in total. The lowest BCUT2D eigenvalue weighted by atomic mass is 10.0. The Bertz CT molecular complexity index is 865. The highest BCUT2D eigenvalue weighted by Gasteiger charge is 2.31. The van der Waals surface area contributed by atoms with E-state index in [2.05, 4.69) is 34.5 Å². The summed E-state index contributed by atoms with van der Waals surface area (Å²) in [5.74, 6) is 0. The van der Waals surface area contributed by atoms with Gasteiger partial charge in [0, 0.05) is 44.5 Å². The van der Waals surface area contributed by atoms with E-state index in [0.29, 0.717) is 38.6 Å². The van der Waals surface area contributed by atoms with Crippen LogP contribution in [-0.2, 0) is 29.3 Å². The summed E-state index contributed by atoms with van der Waals surface area (Å²) in [6, 6.07) is 0. The maximum Gasteiger partial charge on any atom is 0.394 e. The smallest absolute Gasteiger partial charge is 0.367 e. The van der Waals surface area contributed by atoms with E-state index in [1.54, 1.807) is 0 Å². The summed E-state index contributed by atoms with van der Waals surface area (Å²) in [6.45, 7) is 9.87. The molecular formula is C22H38N4O8S. The van der Waals surface area contributed by atoms with Gasteiger partial charge in [-0.05, 0) is 18.9 Å². The van der Waals surface area contributed by atoms with Crippen LogP contribution in [-0.4, -0.2) is 103 Å². The zero-order valence-electron chi connectivity index (χ0n) is 20.5. The zero-order chi connectivity index (χ0) is 25.7. The van der Waals surface area contributed by atoms with E-state index >= 15 is 0 Å². The van der Waals surface area contributed by atoms with Crippen molar-refractivity contribution in [2.45, 2.75) is 58.5 Å². The number of unbranched alkanes of at least 4 members (excludes halogenated alkanes) is 2. The molecule has 0 aromatic heterocycles. The van der Waals surface area contributed by atoms with Crippen LogP contribution in [0.1, 0.15) is 46.0 Å². The molecule has 3 rings (SSSR count). The fraction of sp³-hybridized carbons (Fsp3) is 0.773. The molecule has 1 aliphatic carbocycles. The summed E-state index contributed by atoms with van der Waals surface area (Å²) in [4.78, 5) is 8.05. The lowest BCUT2D eigenvalue weighted by Crippen LogP contribution is -2.46. The molecule has 2 fully saturated rings. The zero-order valence-corrected chi connectivity index (χ0v) is 21.4. The lowest BCUT2D eigenvalue weighted by molar-refractivity contribution is -0.175. The Morgan fingerprint density at radius 3 is 2.06 bits per heavy atom. The fourth-order valence-electron chi connectivity index (χ4n) is 3.82. The molecule has 0 aromatic rings. The second-order valence-electron chi connectivity index (χ2n) is 8.30. The van der Waals surface area contributed by atoms with E-state index in [9.17, 15) is 5.53 Å². The molecule has 0 amide bonds. The number of morpholine rings is 2. The Hall–Kier alpha value is -1.83. The van der Waals surface area contributed by atoms with Crippen molar-refractivity contribution in [3.63, 3.8) is 0 Å². The number of rotatable bonds is 10. The van der Waals surface area contributed by atoms with Crippen molar-refractivity contribution in [1.82, 2.24) is 9.80 Å². The SMILES string of the molecule is CCCCOC1CN(C2=CC(=[N+]=[N-])C(N3CCOC(OCCCC)C3)=CC2)CCO1.O=S(=O)(O)O. The highest BCUT2D eigenvalue weighted by molar-refractivity contribution is 7.79. The molecule has 0 spiro atoms. The van der Waals surface area contributed by atoms with Crippen molar-refractivity contribution in [3.05, 3.63) is 29.1 Å². The minimum Gasteiger partial charge on any atom is -0.367 e. The Kier molecular flexibility index (Phi) is 12.9. The highest BCUT2D eigenvalue weighted by atomic mass is 32.3. The van der Waals surface area contributed by atoms with E-state index in [0.717, 1.165) is 63.2 Å². The lowest BCUT2D eigenvalue weighted by Gasteiger charge is -2.37. The standard InChI is InChI=1S/C22H36N4O4.H2O4S/c1-3-5-11-27-21-16-25(9-13-29-21)18-7-8-20(19(15-18)24-23)26-10-14-30-22(17-26)28-12-6-4-2;1-5(2,3)4/h8,15,21-22H,3-7,9-14,16-17H2,1-2H3;(H2,1,2,3,4). The monoisotopic (exact) mass is 518 g/mol. The van der Waals surface area contributed by atoms with Gasteiger partial charge in [0.15, 0.2) is 12.6 Å². The predicted octanol–water partition coefficient (Wildman–Crippen LogP) is 2.13. The van der Waals surface area contributed by atoms with Crippen LogP contribution in [0.25, 0.3) is 5.53 Å². The van der Waals surface area contributed by atoms with Crippen LogP contribution in [0.15, 0.2) is 23.5 Å². The minimum absolute atomic E-state index is 0.202. The van der Waals surface area contributed by atoms with Gasteiger partial charge in [0.1, 0.15) is 5.70 Å². The summed E-state index contributed by atoms with van der Waals surface area (Å²) in [5.41, 5.74) is 12.3. The highest BCUT2D eigenvalue weighted by Crippen LogP contribution is 2.24. The molecule has 200 valence electrons. The molecule has 2 unspecified atom stereocenters. The van der Waals surface area contributed by atoms with Gasteiger partial charge in [-0.25, -0.2) is 0 Å². The molecule has 2 saturated heterocycles. The second kappa shape index (κ2) is 15.3. The molecule has 13 heteroatoms. The van der Waals surface area contributed by atoms with Gasteiger partial charge in [0.2, 0.25) is 0 Å². The first kappa shape index (κ1) is 29.4. The normalized spacial score (nSPS) is 23.1. The van der Waals surface area contributed by atoms with Crippen molar-refractivity contribution in [2.75, 3.05) is 52.6 Å². The van der Waals surface area contributed by atoms with Gasteiger partial charge in [-0.15, -0.1) is 0 Å². The molecule has 2 N–H and O–H groups in total. The molecule has 35 heavy (non-hydrogen) atoms. The van der Waals surface area contributed by atoms with Gasteiger partial charge in [-0.2, -0.15) is 13.2 Å². The molecule has 3 aliphatic rings. The van der Waals surface area contributed by atoms with Crippen molar-refractivity contribution < 1.29 is 41.3 Å². The minimum atomic E-state index is -4.67. The number of hydrogen-bond acceptors (Lipinski definition) is 8. The summed E-state index contributed by atoms with van der Waals surface area (Å²) in [5, 5.41) is 0. The predicted molar refractivity (Wildman–Crippen MR) is 128 cm³/mol. The average Bonchev–Trinajstić information content (AvgIpc) is 2.83. The van der Waals surface area contributed by atoms with Crippen molar-refractivity contribution in [1.29, 1.82) is 0 Å². The number of allylic oxidation sites excluding steroid dienone is 2. The third-order valence-corrected chi connectivity index (χ3v) is 5.60. The molecule has 2 atom stereocenters. The van der Waals surface area contributed by atoms with Crippen LogP contribution < -0.4 is 0 Å². The first-order valence-corrected chi connectivity index (χ1v) is 13.4. The van der Waals surface area contributed by atoms with Crippen LogP contribution in [0.3, 0.4) is 0 Å². The number of ether oxygens (including phenoxy) is 4. The quantitative estimate of drug-likeness (QED) is 0.190. The molecule has 0 aromatic carbocycles. The van der Waals surface area contributed by atoms with E-state index < -0.39 is 10.4 Å². The van der Waals surface area contributed by atoms with Crippen molar-refractivity contribution in [2.24, 2.45) is 0 Å². The molecular weight excluding hydrogens is 480 g/mol. The largest absolute Gasteiger partial charge is 0.394 e. The van der Waals surface area contributed by atoms with Crippen molar-refractivity contribution >= 4 is 16.1 Å². The summed E-state index contributed by atoms with van der Waals surface area (Å²) in [6.07, 6.45) is 8.74. The molecule has 2 aliphatic heterocycles. The van der Waals surface area contributed by atoms with Gasteiger partial charge in [0.05, 0.1) is 26.3 Å². The van der Waals surface area contributed by atoms with Crippen LogP contribution in [0, 0.1) is 0 Å². The fourth-order valence-corrected chi connectivity index (χ4v) is 3.82. The van der Waals surface area contributed by atoms with Crippen LogP contribution in [0.2, 0.25) is 0 Å². The molecule has 0 radical (unpaired) electrons. The third-order valence-electron chi connectivity index (χ3n) is 5.60. The number of nitrogens with zero attached hydrogens (tertiary/aromatic N) is 4. The Morgan fingerprint density at radius 2 is 1.54 bits per heavy atom. The van der Waals surface area contributed by atoms with Gasteiger partial charge >= 0.3 is 16.1 Å². The summed E-state index contributed by atoms with van der Waals surface area (Å²) >= 11 is 0. The van der Waals surface area contributed by atoms with Crippen molar-refractivity contribution in [3.8, 4) is 0 Å². The molecule has 0 saturated carbocycles. The van der Waals surface area contributed by atoms with Gasteiger partial charge in [-0.1, -0.05) is 26.7 Å². The third kappa shape index (κ3) is 11.2. The van der Waals surface area contributed by atoms with E-state index in [4.69, 9.17) is 36.5 Å². The average molecular weight is 519 g/mol. The Balaban J connectivity index is 0.000000784. The van der Waals surface area contributed by atoms with Gasteiger partial charge in [-0.3, -0.25) is 9.11 Å². The van der Waals surface area contributed by atoms with E-state index in [-0.39, 0.29) is 12.6 Å². The van der Waals surface area contributed by atoms with Crippen LogP contribution in [0.4, 0.5) is 0 Å². The summed E-state index contributed by atoms with van der Waals surface area (Å²) in [7, 11) is -4.67. The first-order valence-electron chi connectivity index (χ1n) is 12.0. The van der Waals surface area contributed by atoms with Gasteiger partial charge in [0.25, 0.3) is 0 Å². The molecule has 0 bridgehead atoms. The second-order valence-corrected chi connectivity index (χ2v) is 9.20. The van der Waals surface area contributed by atoms with E-state index in [1.807, 2.05) is 6.08 Å². The number of hydrogen-bond donors (Lipinski definition) is 2. The maximum absolute atomic E-state index is 9.69. The topological polar surface area (TPSA) is 154 Å². The maximum atomic E-state index is 9.69. The Labute approximate surface area is 207 Å². The van der Waals surface area contributed by atoms with Gasteiger partial charge < -0.3 is 34.3 Å².